The summed E-state index contributed by atoms with van der Waals surface area (Å²) in [6.07, 6.45) is 1.20. The van der Waals surface area contributed by atoms with E-state index in [9.17, 15) is 12.8 Å². The van der Waals surface area contributed by atoms with Gasteiger partial charge in [0.25, 0.3) is 10.0 Å². The van der Waals surface area contributed by atoms with Gasteiger partial charge in [0.1, 0.15) is 5.82 Å². The van der Waals surface area contributed by atoms with Crippen LogP contribution in [0.25, 0.3) is 0 Å². The van der Waals surface area contributed by atoms with Crippen LogP contribution in [0.1, 0.15) is 0 Å². The van der Waals surface area contributed by atoms with Crippen LogP contribution in [0.15, 0.2) is 35.4 Å². The minimum atomic E-state index is -4.27. The van der Waals surface area contributed by atoms with E-state index in [4.69, 9.17) is 26.4 Å². The van der Waals surface area contributed by atoms with Crippen LogP contribution < -0.4 is 14.9 Å². The standard InChI is InChI=1S/C12H11BClFN2O5S/c1-22-12-10(5-7(14)6-16-12)23(20,21)17-9-4-2-3-8(11(9)15)13(18)19/h2-6,17-19H,1H3. The van der Waals surface area contributed by atoms with Gasteiger partial charge in [-0.25, -0.2) is 17.8 Å². The van der Waals surface area contributed by atoms with Gasteiger partial charge in [0.2, 0.25) is 5.88 Å². The SMILES string of the molecule is COc1ncc(Cl)cc1S(=O)(=O)Nc1cccc(B(O)O)c1F. The summed E-state index contributed by atoms with van der Waals surface area (Å²) in [5.74, 6) is -1.33. The fourth-order valence-electron chi connectivity index (χ4n) is 1.78. The molecule has 0 aliphatic rings. The number of pyridine rings is 1. The molecule has 1 aromatic heterocycles. The summed E-state index contributed by atoms with van der Waals surface area (Å²) in [5.41, 5.74) is -0.931. The van der Waals surface area contributed by atoms with Gasteiger partial charge < -0.3 is 14.8 Å². The number of benzene rings is 1. The lowest BCUT2D eigenvalue weighted by atomic mass is 9.80. The third-order valence-electron chi connectivity index (χ3n) is 2.82. The predicted molar refractivity (Wildman–Crippen MR) is 82.8 cm³/mol. The van der Waals surface area contributed by atoms with E-state index >= 15 is 0 Å². The molecular formula is C12H11BClFN2O5S. The summed E-state index contributed by atoms with van der Waals surface area (Å²) >= 11 is 5.73. The third-order valence-corrected chi connectivity index (χ3v) is 4.39. The fraction of sp³-hybridized carbons (Fsp3) is 0.0833. The molecule has 0 atom stereocenters. The summed E-state index contributed by atoms with van der Waals surface area (Å²) in [6.45, 7) is 0. The molecule has 0 aliphatic carbocycles. The van der Waals surface area contributed by atoms with Crippen LogP contribution >= 0.6 is 11.6 Å². The van der Waals surface area contributed by atoms with Gasteiger partial charge in [0.15, 0.2) is 4.90 Å². The summed E-state index contributed by atoms with van der Waals surface area (Å²) in [4.78, 5) is 3.34. The molecular weight excluding hydrogens is 349 g/mol. The number of aromatic nitrogens is 1. The second-order valence-corrected chi connectivity index (χ2v) is 6.44. The molecule has 1 aromatic carbocycles. The highest BCUT2D eigenvalue weighted by Gasteiger charge is 2.25. The van der Waals surface area contributed by atoms with Gasteiger partial charge in [-0.3, -0.25) is 4.72 Å². The monoisotopic (exact) mass is 360 g/mol. The molecule has 3 N–H and O–H groups in total. The Labute approximate surface area is 136 Å². The first kappa shape index (κ1) is 17.5. The minimum absolute atomic E-state index is 0.0474. The smallest absolute Gasteiger partial charge is 0.480 e. The highest BCUT2D eigenvalue weighted by atomic mass is 35.5. The van der Waals surface area contributed by atoms with Crippen molar-refractivity contribution in [3.8, 4) is 5.88 Å². The zero-order valence-corrected chi connectivity index (χ0v) is 13.3. The summed E-state index contributed by atoms with van der Waals surface area (Å²) in [7, 11) is -5.13. The number of hydrogen-bond donors (Lipinski definition) is 3. The van der Waals surface area contributed by atoms with Crippen LogP contribution in [0.3, 0.4) is 0 Å². The Hall–Kier alpha value is -1.88. The minimum Gasteiger partial charge on any atom is -0.480 e. The molecule has 0 radical (unpaired) electrons. The maximum Gasteiger partial charge on any atom is 0.491 e. The van der Waals surface area contributed by atoms with Crippen molar-refractivity contribution in [3.05, 3.63) is 41.3 Å². The van der Waals surface area contributed by atoms with E-state index < -0.39 is 34.1 Å². The van der Waals surface area contributed by atoms with Crippen LogP contribution in [0, 0.1) is 5.82 Å². The number of nitrogens with one attached hydrogen (secondary N) is 1. The Morgan fingerprint density at radius 3 is 2.70 bits per heavy atom. The Kier molecular flexibility index (Phi) is 5.10. The number of hydrogen-bond acceptors (Lipinski definition) is 6. The van der Waals surface area contributed by atoms with E-state index in [0.717, 1.165) is 18.2 Å². The van der Waals surface area contributed by atoms with E-state index in [1.165, 1.54) is 19.4 Å². The van der Waals surface area contributed by atoms with Crippen molar-refractivity contribution in [1.29, 1.82) is 0 Å². The number of anilines is 1. The number of sulfonamides is 1. The van der Waals surface area contributed by atoms with Crippen molar-refractivity contribution in [3.63, 3.8) is 0 Å². The summed E-state index contributed by atoms with van der Waals surface area (Å²) in [5, 5.41) is 18.2. The van der Waals surface area contributed by atoms with E-state index in [1.54, 1.807) is 0 Å². The van der Waals surface area contributed by atoms with Crippen molar-refractivity contribution >= 4 is 39.9 Å². The highest BCUT2D eigenvalue weighted by molar-refractivity contribution is 7.92. The van der Waals surface area contributed by atoms with Gasteiger partial charge in [-0.05, 0) is 12.1 Å². The Balaban J connectivity index is 2.48. The molecule has 122 valence electrons. The first-order valence-corrected chi connectivity index (χ1v) is 7.99. The quantitative estimate of drug-likeness (QED) is 0.665. The van der Waals surface area contributed by atoms with Gasteiger partial charge in [0, 0.05) is 11.7 Å². The van der Waals surface area contributed by atoms with E-state index in [1.807, 2.05) is 4.72 Å². The lowest BCUT2D eigenvalue weighted by Gasteiger charge is -2.13. The van der Waals surface area contributed by atoms with Gasteiger partial charge in [-0.15, -0.1) is 0 Å². The molecule has 0 fully saturated rings. The highest BCUT2D eigenvalue weighted by Crippen LogP contribution is 2.26. The normalized spacial score (nSPS) is 11.2. The van der Waals surface area contributed by atoms with Crippen molar-refractivity contribution in [2.45, 2.75) is 4.90 Å². The average molecular weight is 361 g/mol. The summed E-state index contributed by atoms with van der Waals surface area (Å²) < 4.78 is 45.7. The van der Waals surface area contributed by atoms with Gasteiger partial charge in [-0.2, -0.15) is 0 Å². The molecule has 0 bridgehead atoms. The average Bonchev–Trinajstić information content (AvgIpc) is 2.49. The maximum atomic E-state index is 14.1. The number of rotatable bonds is 5. The molecule has 23 heavy (non-hydrogen) atoms. The molecule has 2 aromatic rings. The van der Waals surface area contributed by atoms with Crippen LogP contribution in [0.2, 0.25) is 5.02 Å². The maximum absolute atomic E-state index is 14.1. The third kappa shape index (κ3) is 3.73. The van der Waals surface area contributed by atoms with E-state index in [2.05, 4.69) is 4.98 Å². The second kappa shape index (κ2) is 6.71. The van der Waals surface area contributed by atoms with Crippen molar-refractivity contribution in [1.82, 2.24) is 4.98 Å². The fourth-order valence-corrected chi connectivity index (χ4v) is 3.21. The molecule has 0 unspecified atom stereocenters. The molecule has 1 heterocycles. The molecule has 7 nitrogen and oxygen atoms in total. The zero-order chi connectivity index (χ0) is 17.2. The molecule has 0 saturated heterocycles. The van der Waals surface area contributed by atoms with Crippen molar-refractivity contribution < 1.29 is 27.6 Å². The predicted octanol–water partition coefficient (Wildman–Crippen LogP) is 0.363. The molecule has 11 heteroatoms. The van der Waals surface area contributed by atoms with Crippen LogP contribution in [-0.2, 0) is 10.0 Å². The topological polar surface area (TPSA) is 109 Å². The summed E-state index contributed by atoms with van der Waals surface area (Å²) in [6, 6.07) is 4.60. The number of ether oxygens (including phenoxy) is 1. The first-order valence-electron chi connectivity index (χ1n) is 6.13. The first-order chi connectivity index (χ1) is 10.8. The Morgan fingerprint density at radius 1 is 1.39 bits per heavy atom. The lowest BCUT2D eigenvalue weighted by molar-refractivity contribution is 0.385. The molecule has 0 aliphatic heterocycles. The van der Waals surface area contributed by atoms with Crippen molar-refractivity contribution in [2.24, 2.45) is 0 Å². The van der Waals surface area contributed by atoms with Crippen LogP contribution in [-0.4, -0.2) is 37.7 Å². The van der Waals surface area contributed by atoms with E-state index in [-0.39, 0.29) is 15.8 Å². The molecule has 2 rings (SSSR count). The molecule has 0 amide bonds. The van der Waals surface area contributed by atoms with Crippen molar-refractivity contribution in [2.75, 3.05) is 11.8 Å². The van der Waals surface area contributed by atoms with E-state index in [0.29, 0.717) is 0 Å². The lowest BCUT2D eigenvalue weighted by Crippen LogP contribution is -2.33. The van der Waals surface area contributed by atoms with Crippen LogP contribution in [0.5, 0.6) is 5.88 Å². The number of nitrogens with zero attached hydrogens (tertiary/aromatic N) is 1. The Morgan fingerprint density at radius 2 is 2.09 bits per heavy atom. The van der Waals surface area contributed by atoms with Gasteiger partial charge >= 0.3 is 7.12 Å². The zero-order valence-electron chi connectivity index (χ0n) is 11.7. The largest absolute Gasteiger partial charge is 0.491 e. The second-order valence-electron chi connectivity index (χ2n) is 4.35. The van der Waals surface area contributed by atoms with Gasteiger partial charge in [-0.1, -0.05) is 23.7 Å². The number of methoxy groups -OCH3 is 1. The van der Waals surface area contributed by atoms with Gasteiger partial charge in [0.05, 0.1) is 17.8 Å². The Bertz CT molecular complexity index is 834. The molecule has 0 saturated carbocycles. The molecule has 0 spiro atoms. The number of halogens is 2. The van der Waals surface area contributed by atoms with Crippen LogP contribution in [0.4, 0.5) is 10.1 Å².